The maximum absolute atomic E-state index is 11.4. The molecular formula is C13H16O3. The van der Waals surface area contributed by atoms with E-state index in [-0.39, 0.29) is 0 Å². The molecule has 0 aliphatic heterocycles. The lowest BCUT2D eigenvalue weighted by Gasteiger charge is -2.49. The highest BCUT2D eigenvalue weighted by Crippen LogP contribution is 2.50. The van der Waals surface area contributed by atoms with Crippen molar-refractivity contribution in [2.75, 3.05) is 0 Å². The molecule has 0 unspecified atom stereocenters. The molecule has 1 saturated carbocycles. The molecule has 1 aromatic rings. The zero-order chi connectivity index (χ0) is 12.0. The Hall–Kier alpha value is -1.35. The van der Waals surface area contributed by atoms with Crippen molar-refractivity contribution >= 4 is 5.97 Å². The van der Waals surface area contributed by atoms with Crippen LogP contribution in [0.25, 0.3) is 0 Å². The minimum atomic E-state index is -0.892. The number of rotatable bonds is 2. The average molecular weight is 220 g/mol. The number of aliphatic hydroxyl groups is 1. The minimum Gasteiger partial charge on any atom is -0.481 e. The SMILES string of the molecule is Cc1ccc(C2(C(=O)O)CC(C)(O)C2)cc1. The largest absolute Gasteiger partial charge is 0.481 e. The predicted octanol–water partition coefficient (Wildman–Crippen LogP) is 1.86. The van der Waals surface area contributed by atoms with E-state index in [4.69, 9.17) is 0 Å². The molecule has 2 N–H and O–H groups in total. The van der Waals surface area contributed by atoms with Crippen LogP contribution in [-0.4, -0.2) is 21.8 Å². The van der Waals surface area contributed by atoms with Gasteiger partial charge >= 0.3 is 5.97 Å². The zero-order valence-electron chi connectivity index (χ0n) is 9.53. The number of hydrogen-bond acceptors (Lipinski definition) is 2. The molecule has 1 fully saturated rings. The van der Waals surface area contributed by atoms with Gasteiger partial charge in [-0.2, -0.15) is 0 Å². The second kappa shape index (κ2) is 3.32. The normalized spacial score (nSPS) is 33.2. The number of aliphatic carboxylic acids is 1. The summed E-state index contributed by atoms with van der Waals surface area (Å²) in [5, 5.41) is 19.1. The molecule has 0 amide bonds. The Morgan fingerprint density at radius 3 is 2.12 bits per heavy atom. The number of carbonyl (C=O) groups is 1. The van der Waals surface area contributed by atoms with Crippen LogP contribution in [0.15, 0.2) is 24.3 Å². The number of carboxylic acid groups (broad SMARTS) is 1. The fourth-order valence-corrected chi connectivity index (χ4v) is 2.60. The summed E-state index contributed by atoms with van der Waals surface area (Å²) in [6.45, 7) is 3.65. The van der Waals surface area contributed by atoms with Gasteiger partial charge in [-0.05, 0) is 32.3 Å². The molecule has 0 spiro atoms. The lowest BCUT2D eigenvalue weighted by molar-refractivity contribution is -0.162. The fraction of sp³-hybridized carbons (Fsp3) is 0.462. The molecule has 2 rings (SSSR count). The summed E-state index contributed by atoms with van der Waals surface area (Å²) in [6.07, 6.45) is 0.580. The molecule has 1 aliphatic rings. The third-order valence-corrected chi connectivity index (χ3v) is 3.38. The zero-order valence-corrected chi connectivity index (χ0v) is 9.53. The van der Waals surface area contributed by atoms with Crippen LogP contribution in [0.4, 0.5) is 0 Å². The van der Waals surface area contributed by atoms with E-state index in [2.05, 4.69) is 0 Å². The van der Waals surface area contributed by atoms with Gasteiger partial charge in [0, 0.05) is 0 Å². The number of aryl methyl sites for hydroxylation is 1. The van der Waals surface area contributed by atoms with Gasteiger partial charge in [0.15, 0.2) is 0 Å². The molecule has 86 valence electrons. The first kappa shape index (κ1) is 11.1. The summed E-state index contributed by atoms with van der Waals surface area (Å²) in [6, 6.07) is 7.51. The van der Waals surface area contributed by atoms with Crippen molar-refractivity contribution in [3.63, 3.8) is 0 Å². The summed E-state index contributed by atoms with van der Waals surface area (Å²) in [5.74, 6) is -0.845. The van der Waals surface area contributed by atoms with Crippen molar-refractivity contribution in [3.05, 3.63) is 35.4 Å². The highest BCUT2D eigenvalue weighted by molar-refractivity contribution is 5.83. The predicted molar refractivity (Wildman–Crippen MR) is 60.4 cm³/mol. The Labute approximate surface area is 94.7 Å². The molecule has 3 heteroatoms. The summed E-state index contributed by atoms with van der Waals surface area (Å²) >= 11 is 0. The molecule has 0 aromatic heterocycles. The van der Waals surface area contributed by atoms with Crippen LogP contribution in [0.3, 0.4) is 0 Å². The maximum Gasteiger partial charge on any atom is 0.314 e. The third-order valence-electron chi connectivity index (χ3n) is 3.38. The lowest BCUT2D eigenvalue weighted by Crippen LogP contribution is -2.57. The first-order chi connectivity index (χ1) is 7.36. The monoisotopic (exact) mass is 220 g/mol. The van der Waals surface area contributed by atoms with Gasteiger partial charge in [0.05, 0.1) is 11.0 Å². The van der Waals surface area contributed by atoms with Crippen LogP contribution in [0.1, 0.15) is 30.9 Å². The highest BCUT2D eigenvalue weighted by atomic mass is 16.4. The van der Waals surface area contributed by atoms with Gasteiger partial charge in [0.2, 0.25) is 0 Å². The van der Waals surface area contributed by atoms with E-state index in [1.165, 1.54) is 0 Å². The van der Waals surface area contributed by atoms with Crippen molar-refractivity contribution in [1.82, 2.24) is 0 Å². The van der Waals surface area contributed by atoms with E-state index in [1.54, 1.807) is 6.92 Å². The Balaban J connectivity index is 2.36. The Kier molecular flexibility index (Phi) is 2.31. The lowest BCUT2D eigenvalue weighted by atomic mass is 9.56. The Morgan fingerprint density at radius 2 is 1.75 bits per heavy atom. The standard InChI is InChI=1S/C13H16O3/c1-9-3-5-10(6-4-9)13(11(14)15)7-12(2,16)8-13/h3-6,16H,7-8H2,1-2H3,(H,14,15). The Bertz CT molecular complexity index is 409. The average Bonchev–Trinajstić information content (AvgIpc) is 2.14. The fourth-order valence-electron chi connectivity index (χ4n) is 2.60. The van der Waals surface area contributed by atoms with Crippen molar-refractivity contribution in [2.24, 2.45) is 0 Å². The number of carboxylic acids is 1. The molecule has 0 atom stereocenters. The van der Waals surface area contributed by atoms with Crippen molar-refractivity contribution in [1.29, 1.82) is 0 Å². The molecule has 0 radical (unpaired) electrons. The van der Waals surface area contributed by atoms with Crippen molar-refractivity contribution < 1.29 is 15.0 Å². The van der Waals surface area contributed by atoms with Gasteiger partial charge in [0.1, 0.15) is 0 Å². The first-order valence-electron chi connectivity index (χ1n) is 5.39. The van der Waals surface area contributed by atoms with Crippen LogP contribution >= 0.6 is 0 Å². The van der Waals surface area contributed by atoms with Gasteiger partial charge in [-0.1, -0.05) is 29.8 Å². The van der Waals surface area contributed by atoms with E-state index < -0.39 is 17.0 Å². The smallest absolute Gasteiger partial charge is 0.314 e. The highest BCUT2D eigenvalue weighted by Gasteiger charge is 2.57. The molecule has 0 bridgehead atoms. The molecule has 1 aliphatic carbocycles. The minimum absolute atomic E-state index is 0.290. The van der Waals surface area contributed by atoms with Crippen LogP contribution in [0.2, 0.25) is 0 Å². The van der Waals surface area contributed by atoms with E-state index in [9.17, 15) is 15.0 Å². The molecule has 16 heavy (non-hydrogen) atoms. The summed E-state index contributed by atoms with van der Waals surface area (Å²) < 4.78 is 0. The molecular weight excluding hydrogens is 204 g/mol. The second-order valence-corrected chi connectivity index (χ2v) is 5.10. The van der Waals surface area contributed by atoms with Gasteiger partial charge in [-0.15, -0.1) is 0 Å². The van der Waals surface area contributed by atoms with E-state index >= 15 is 0 Å². The Morgan fingerprint density at radius 1 is 1.25 bits per heavy atom. The van der Waals surface area contributed by atoms with Crippen LogP contribution in [0, 0.1) is 6.92 Å². The van der Waals surface area contributed by atoms with Crippen LogP contribution in [0.5, 0.6) is 0 Å². The van der Waals surface area contributed by atoms with E-state index in [0.717, 1.165) is 11.1 Å². The van der Waals surface area contributed by atoms with E-state index in [0.29, 0.717) is 12.8 Å². The second-order valence-electron chi connectivity index (χ2n) is 5.10. The number of benzene rings is 1. The van der Waals surface area contributed by atoms with Crippen molar-refractivity contribution in [3.8, 4) is 0 Å². The molecule has 1 aromatic carbocycles. The molecule has 0 heterocycles. The van der Waals surface area contributed by atoms with Crippen molar-refractivity contribution in [2.45, 2.75) is 37.7 Å². The van der Waals surface area contributed by atoms with Crippen LogP contribution in [-0.2, 0) is 10.2 Å². The summed E-state index contributed by atoms with van der Waals surface area (Å²) in [4.78, 5) is 11.4. The number of hydrogen-bond donors (Lipinski definition) is 2. The van der Waals surface area contributed by atoms with Gasteiger partial charge in [0.25, 0.3) is 0 Å². The van der Waals surface area contributed by atoms with Gasteiger partial charge in [-0.25, -0.2) is 0 Å². The third kappa shape index (κ3) is 1.61. The van der Waals surface area contributed by atoms with E-state index in [1.807, 2.05) is 31.2 Å². The topological polar surface area (TPSA) is 57.5 Å². The molecule has 0 saturated heterocycles. The summed E-state index contributed by atoms with van der Waals surface area (Å²) in [7, 11) is 0. The molecule has 3 nitrogen and oxygen atoms in total. The quantitative estimate of drug-likeness (QED) is 0.799. The van der Waals surface area contributed by atoms with Gasteiger partial charge in [-0.3, -0.25) is 4.79 Å². The summed E-state index contributed by atoms with van der Waals surface area (Å²) in [5.41, 5.74) is 0.160. The van der Waals surface area contributed by atoms with Crippen LogP contribution < -0.4 is 0 Å². The maximum atomic E-state index is 11.4. The first-order valence-corrected chi connectivity index (χ1v) is 5.39. The van der Waals surface area contributed by atoms with Gasteiger partial charge < -0.3 is 10.2 Å².